The quantitative estimate of drug-likeness (QED) is 0.395. The summed E-state index contributed by atoms with van der Waals surface area (Å²) in [6.45, 7) is 7.12. The number of anilines is 1. The van der Waals surface area contributed by atoms with Crippen molar-refractivity contribution in [2.75, 3.05) is 53.4 Å². The van der Waals surface area contributed by atoms with E-state index in [1.54, 1.807) is 28.4 Å². The number of benzene rings is 2. The van der Waals surface area contributed by atoms with Gasteiger partial charge in [0.1, 0.15) is 5.75 Å². The Balaban J connectivity index is 2.08. The van der Waals surface area contributed by atoms with Crippen LogP contribution in [0.1, 0.15) is 44.2 Å². The summed E-state index contributed by atoms with van der Waals surface area (Å²) in [5.41, 5.74) is 2.87. The van der Waals surface area contributed by atoms with Gasteiger partial charge in [-0.05, 0) is 74.2 Å². The van der Waals surface area contributed by atoms with Gasteiger partial charge in [-0.15, -0.1) is 0 Å². The Kier molecular flexibility index (Phi) is 11.5. The Bertz CT molecular complexity index is 885. The van der Waals surface area contributed by atoms with Gasteiger partial charge in [0.2, 0.25) is 11.7 Å². The number of carbonyl (C=O) groups excluding carboxylic acids is 1. The van der Waals surface area contributed by atoms with Gasteiger partial charge in [-0.1, -0.05) is 19.9 Å². The van der Waals surface area contributed by atoms with Gasteiger partial charge in [0.05, 0.1) is 34.1 Å². The van der Waals surface area contributed by atoms with Crippen LogP contribution in [0.15, 0.2) is 30.3 Å². The largest absolute Gasteiger partial charge is 0.495 e. The van der Waals surface area contributed by atoms with E-state index >= 15 is 0 Å². The van der Waals surface area contributed by atoms with Gasteiger partial charge in [0.15, 0.2) is 11.5 Å². The first-order valence-electron chi connectivity index (χ1n) is 12.0. The van der Waals surface area contributed by atoms with Crippen LogP contribution < -0.4 is 24.3 Å². The van der Waals surface area contributed by atoms with Crippen LogP contribution in [-0.4, -0.2) is 58.9 Å². The maximum atomic E-state index is 12.7. The molecule has 0 unspecified atom stereocenters. The molecule has 0 radical (unpaired) electrons. The molecule has 1 amide bonds. The van der Waals surface area contributed by atoms with Crippen molar-refractivity contribution in [3.8, 4) is 23.0 Å². The first-order chi connectivity index (χ1) is 16.5. The number of methoxy groups -OCH3 is 4. The molecule has 0 aliphatic heterocycles. The molecule has 0 aromatic heterocycles. The van der Waals surface area contributed by atoms with Gasteiger partial charge in [-0.3, -0.25) is 4.79 Å². The van der Waals surface area contributed by atoms with Crippen molar-refractivity contribution in [2.24, 2.45) is 0 Å². The highest BCUT2D eigenvalue weighted by atomic mass is 16.5. The van der Waals surface area contributed by atoms with E-state index in [2.05, 4.69) is 24.1 Å². The topological polar surface area (TPSA) is 69.3 Å². The lowest BCUT2D eigenvalue weighted by Crippen LogP contribution is -2.29. The van der Waals surface area contributed by atoms with E-state index in [4.69, 9.17) is 18.9 Å². The predicted octanol–water partition coefficient (Wildman–Crippen LogP) is 4.96. The zero-order valence-electron chi connectivity index (χ0n) is 21.5. The Hall–Kier alpha value is -2.93. The molecular weight excluding hydrogens is 432 g/mol. The zero-order chi connectivity index (χ0) is 24.9. The Morgan fingerprint density at radius 1 is 0.765 bits per heavy atom. The summed E-state index contributed by atoms with van der Waals surface area (Å²) >= 11 is 0. The summed E-state index contributed by atoms with van der Waals surface area (Å²) in [6, 6.07) is 9.85. The Labute approximate surface area is 204 Å². The molecule has 0 heterocycles. The SMILES string of the molecule is CCCN(CCC)CCC(=O)Nc1cc(CCc2cc(OC)c(OC)c(OC)c2)ccc1OC. The molecule has 1 N–H and O–H groups in total. The van der Waals surface area contributed by atoms with E-state index in [-0.39, 0.29) is 5.91 Å². The normalized spacial score (nSPS) is 10.8. The number of carbonyl (C=O) groups is 1. The number of rotatable bonds is 15. The van der Waals surface area contributed by atoms with Crippen LogP contribution in [0, 0.1) is 0 Å². The van der Waals surface area contributed by atoms with Crippen LogP contribution in [0.2, 0.25) is 0 Å². The van der Waals surface area contributed by atoms with E-state index in [1.165, 1.54) is 0 Å². The van der Waals surface area contributed by atoms with Crippen LogP contribution in [-0.2, 0) is 17.6 Å². The van der Waals surface area contributed by atoms with Crippen molar-refractivity contribution in [1.82, 2.24) is 4.90 Å². The van der Waals surface area contributed by atoms with Gasteiger partial charge in [-0.25, -0.2) is 0 Å². The van der Waals surface area contributed by atoms with Crippen LogP contribution in [0.3, 0.4) is 0 Å². The van der Waals surface area contributed by atoms with Crippen LogP contribution in [0.5, 0.6) is 23.0 Å². The monoisotopic (exact) mass is 472 g/mol. The minimum Gasteiger partial charge on any atom is -0.495 e. The zero-order valence-corrected chi connectivity index (χ0v) is 21.5. The lowest BCUT2D eigenvalue weighted by atomic mass is 10.0. The molecule has 0 saturated heterocycles. The Morgan fingerprint density at radius 2 is 1.35 bits per heavy atom. The highest BCUT2D eigenvalue weighted by molar-refractivity contribution is 5.92. The van der Waals surface area contributed by atoms with Crippen molar-refractivity contribution in [1.29, 1.82) is 0 Å². The number of amides is 1. The number of aryl methyl sites for hydroxylation is 2. The van der Waals surface area contributed by atoms with E-state index in [0.717, 1.165) is 56.4 Å². The second kappa shape index (κ2) is 14.4. The minimum absolute atomic E-state index is 0.00252. The second-order valence-corrected chi connectivity index (χ2v) is 8.21. The molecule has 0 atom stereocenters. The lowest BCUT2D eigenvalue weighted by Gasteiger charge is -2.20. The third-order valence-electron chi connectivity index (χ3n) is 5.70. The summed E-state index contributed by atoms with van der Waals surface area (Å²) in [5.74, 6) is 2.51. The van der Waals surface area contributed by atoms with Crippen molar-refractivity contribution >= 4 is 11.6 Å². The first kappa shape index (κ1) is 27.3. The molecule has 188 valence electrons. The fourth-order valence-corrected chi connectivity index (χ4v) is 4.02. The smallest absolute Gasteiger partial charge is 0.225 e. The second-order valence-electron chi connectivity index (χ2n) is 8.21. The van der Waals surface area contributed by atoms with E-state index in [9.17, 15) is 4.79 Å². The summed E-state index contributed by atoms with van der Waals surface area (Å²) < 4.78 is 21.8. The van der Waals surface area contributed by atoms with Gasteiger partial charge in [-0.2, -0.15) is 0 Å². The molecule has 0 bridgehead atoms. The number of nitrogens with one attached hydrogen (secondary N) is 1. The molecule has 2 rings (SSSR count). The number of ether oxygens (including phenoxy) is 4. The molecule has 0 saturated carbocycles. The van der Waals surface area contributed by atoms with Gasteiger partial charge in [0.25, 0.3) is 0 Å². The van der Waals surface area contributed by atoms with Gasteiger partial charge in [0, 0.05) is 13.0 Å². The number of hydrogen-bond donors (Lipinski definition) is 1. The van der Waals surface area contributed by atoms with Crippen molar-refractivity contribution in [3.05, 3.63) is 41.5 Å². The van der Waals surface area contributed by atoms with E-state index in [0.29, 0.717) is 35.1 Å². The fourth-order valence-electron chi connectivity index (χ4n) is 4.02. The molecular formula is C27H40N2O5. The van der Waals surface area contributed by atoms with Gasteiger partial charge < -0.3 is 29.2 Å². The predicted molar refractivity (Wildman–Crippen MR) is 137 cm³/mol. The molecule has 0 aliphatic rings. The van der Waals surface area contributed by atoms with Crippen molar-refractivity contribution in [3.63, 3.8) is 0 Å². The summed E-state index contributed by atoms with van der Waals surface area (Å²) in [5, 5.41) is 3.04. The molecule has 7 nitrogen and oxygen atoms in total. The molecule has 0 spiro atoms. The van der Waals surface area contributed by atoms with E-state index in [1.807, 2.05) is 30.3 Å². The highest BCUT2D eigenvalue weighted by Gasteiger charge is 2.14. The van der Waals surface area contributed by atoms with Crippen molar-refractivity contribution < 1.29 is 23.7 Å². The van der Waals surface area contributed by atoms with Crippen molar-refractivity contribution in [2.45, 2.75) is 46.0 Å². The molecule has 0 aliphatic carbocycles. The third kappa shape index (κ3) is 7.83. The first-order valence-corrected chi connectivity index (χ1v) is 12.0. The summed E-state index contributed by atoms with van der Waals surface area (Å²) in [7, 11) is 6.44. The fraction of sp³-hybridized carbons (Fsp3) is 0.519. The lowest BCUT2D eigenvalue weighted by molar-refractivity contribution is -0.116. The number of nitrogens with zero attached hydrogens (tertiary/aromatic N) is 1. The molecule has 7 heteroatoms. The van der Waals surface area contributed by atoms with Crippen LogP contribution in [0.25, 0.3) is 0 Å². The van der Waals surface area contributed by atoms with Crippen LogP contribution in [0.4, 0.5) is 5.69 Å². The average Bonchev–Trinajstić information content (AvgIpc) is 2.85. The maximum absolute atomic E-state index is 12.7. The molecule has 34 heavy (non-hydrogen) atoms. The number of hydrogen-bond acceptors (Lipinski definition) is 6. The minimum atomic E-state index is -0.00252. The van der Waals surface area contributed by atoms with E-state index < -0.39 is 0 Å². The third-order valence-corrected chi connectivity index (χ3v) is 5.70. The summed E-state index contributed by atoms with van der Waals surface area (Å²) in [6.07, 6.45) is 4.19. The molecule has 2 aromatic rings. The summed E-state index contributed by atoms with van der Waals surface area (Å²) in [4.78, 5) is 15.0. The highest BCUT2D eigenvalue weighted by Crippen LogP contribution is 2.38. The van der Waals surface area contributed by atoms with Gasteiger partial charge >= 0.3 is 0 Å². The van der Waals surface area contributed by atoms with Crippen LogP contribution >= 0.6 is 0 Å². The standard InChI is InChI=1S/C27H40N2O5/c1-7-14-29(15-8-2)16-13-26(30)28-22-17-20(11-12-23(22)31-3)9-10-21-18-24(32-4)27(34-6)25(19-21)33-5/h11-12,17-19H,7-10,13-16H2,1-6H3,(H,28,30). The maximum Gasteiger partial charge on any atom is 0.225 e. The average molecular weight is 473 g/mol. The molecule has 0 fully saturated rings. The Morgan fingerprint density at radius 3 is 1.88 bits per heavy atom. The molecule has 2 aromatic carbocycles.